The third-order valence-corrected chi connectivity index (χ3v) is 6.41. The van der Waals surface area contributed by atoms with Gasteiger partial charge in [-0.25, -0.2) is 9.78 Å². The van der Waals surface area contributed by atoms with E-state index in [1.165, 1.54) is 9.95 Å². The molecule has 1 amide bonds. The zero-order valence-corrected chi connectivity index (χ0v) is 20.2. The van der Waals surface area contributed by atoms with Gasteiger partial charge < -0.3 is 10.4 Å². The molecule has 0 aliphatic carbocycles. The van der Waals surface area contributed by atoms with Crippen LogP contribution in [0, 0.1) is 6.92 Å². The summed E-state index contributed by atoms with van der Waals surface area (Å²) < 4.78 is 1.25. The smallest absolute Gasteiger partial charge is 0.337 e. The zero-order chi connectivity index (χ0) is 24.6. The van der Waals surface area contributed by atoms with Gasteiger partial charge in [-0.05, 0) is 36.1 Å². The van der Waals surface area contributed by atoms with Crippen LogP contribution in [0.25, 0.3) is 21.6 Å². The highest BCUT2D eigenvalue weighted by atomic mass is 32.1. The summed E-state index contributed by atoms with van der Waals surface area (Å²) in [6.45, 7) is 7.95. The van der Waals surface area contributed by atoms with Gasteiger partial charge in [0.15, 0.2) is 0 Å². The van der Waals surface area contributed by atoms with Crippen molar-refractivity contribution in [3.8, 4) is 11.4 Å². The lowest BCUT2D eigenvalue weighted by Gasteiger charge is -2.19. The number of anilines is 1. The van der Waals surface area contributed by atoms with Gasteiger partial charge in [-0.15, -0.1) is 11.3 Å². The van der Waals surface area contributed by atoms with Crippen molar-refractivity contribution < 1.29 is 14.7 Å². The van der Waals surface area contributed by atoms with Crippen molar-refractivity contribution in [2.24, 2.45) is 0 Å². The normalized spacial score (nSPS) is 11.5. The first-order valence-electron chi connectivity index (χ1n) is 10.8. The molecular weight excluding hydrogens is 450 g/mol. The monoisotopic (exact) mass is 475 g/mol. The van der Waals surface area contributed by atoms with Gasteiger partial charge in [-0.3, -0.25) is 14.2 Å². The van der Waals surface area contributed by atoms with E-state index in [1.54, 1.807) is 0 Å². The summed E-state index contributed by atoms with van der Waals surface area (Å²) >= 11 is 1.10. The van der Waals surface area contributed by atoms with Gasteiger partial charge in [0.1, 0.15) is 17.2 Å². The Bertz CT molecular complexity index is 1460. The first-order valence-corrected chi connectivity index (χ1v) is 11.7. The number of aryl methyl sites for hydroxylation is 1. The van der Waals surface area contributed by atoms with Crippen molar-refractivity contribution in [3.05, 3.63) is 81.0 Å². The molecule has 0 bridgehead atoms. The number of amides is 1. The first kappa shape index (κ1) is 23.4. The predicted molar refractivity (Wildman–Crippen MR) is 135 cm³/mol. The molecule has 0 aliphatic rings. The predicted octanol–water partition coefficient (Wildman–Crippen LogP) is 5.07. The minimum atomic E-state index is -1.21. The second-order valence-electron chi connectivity index (χ2n) is 9.21. The Hall–Kier alpha value is -3.78. The minimum absolute atomic E-state index is 0.0104. The summed E-state index contributed by atoms with van der Waals surface area (Å²) in [5.74, 6) is -1.30. The SMILES string of the molecule is Cc1cccc(-c2nc3scc(C(=O)O)c3c(=O)n2CC(=O)Nc2ccc(C(C)(C)C)cc2)c1. The second kappa shape index (κ2) is 8.87. The number of nitrogens with zero attached hydrogens (tertiary/aromatic N) is 2. The van der Waals surface area contributed by atoms with Crippen LogP contribution < -0.4 is 10.9 Å². The van der Waals surface area contributed by atoms with Crippen LogP contribution in [-0.2, 0) is 16.8 Å². The number of nitrogens with one attached hydrogen (secondary N) is 1. The van der Waals surface area contributed by atoms with E-state index in [4.69, 9.17) is 0 Å². The number of aromatic carboxylic acids is 1. The molecule has 2 aromatic carbocycles. The maximum atomic E-state index is 13.4. The molecule has 4 rings (SSSR count). The van der Waals surface area contributed by atoms with Crippen molar-refractivity contribution in [2.75, 3.05) is 5.32 Å². The average molecular weight is 476 g/mol. The lowest BCUT2D eigenvalue weighted by molar-refractivity contribution is -0.116. The number of aromatic nitrogens is 2. The molecule has 8 heteroatoms. The highest BCUT2D eigenvalue weighted by Crippen LogP contribution is 2.26. The van der Waals surface area contributed by atoms with Crippen molar-refractivity contribution in [1.29, 1.82) is 0 Å². The Morgan fingerprint density at radius 1 is 1.12 bits per heavy atom. The molecule has 0 unspecified atom stereocenters. The zero-order valence-electron chi connectivity index (χ0n) is 19.4. The van der Waals surface area contributed by atoms with E-state index in [-0.39, 0.29) is 22.9 Å². The minimum Gasteiger partial charge on any atom is -0.478 e. The topological polar surface area (TPSA) is 101 Å². The molecule has 34 heavy (non-hydrogen) atoms. The lowest BCUT2D eigenvalue weighted by atomic mass is 9.87. The number of carbonyl (C=O) groups is 2. The van der Waals surface area contributed by atoms with Gasteiger partial charge in [-0.1, -0.05) is 56.7 Å². The van der Waals surface area contributed by atoms with Crippen LogP contribution >= 0.6 is 11.3 Å². The number of thiophene rings is 1. The maximum Gasteiger partial charge on any atom is 0.337 e. The van der Waals surface area contributed by atoms with Crippen LogP contribution in [-0.4, -0.2) is 26.5 Å². The highest BCUT2D eigenvalue weighted by molar-refractivity contribution is 7.17. The number of hydrogen-bond acceptors (Lipinski definition) is 5. The van der Waals surface area contributed by atoms with Crippen LogP contribution in [0.4, 0.5) is 5.69 Å². The van der Waals surface area contributed by atoms with Gasteiger partial charge in [0, 0.05) is 16.6 Å². The van der Waals surface area contributed by atoms with E-state index in [1.807, 2.05) is 55.5 Å². The molecule has 0 radical (unpaired) electrons. The molecule has 4 aromatic rings. The molecule has 0 saturated heterocycles. The molecule has 0 spiro atoms. The summed E-state index contributed by atoms with van der Waals surface area (Å²) in [6.07, 6.45) is 0. The van der Waals surface area contributed by atoms with Gasteiger partial charge in [0.05, 0.1) is 10.9 Å². The molecule has 7 nitrogen and oxygen atoms in total. The standard InChI is InChI=1S/C26H25N3O4S/c1-15-6-5-7-16(12-15)22-28-23-21(19(14-34-23)25(32)33)24(31)29(22)13-20(30)27-18-10-8-17(9-11-18)26(2,3)4/h5-12,14H,13H2,1-4H3,(H,27,30)(H,32,33). The van der Waals surface area contributed by atoms with Crippen LogP contribution in [0.5, 0.6) is 0 Å². The Kier molecular flexibility index (Phi) is 6.10. The third-order valence-electron chi connectivity index (χ3n) is 5.54. The summed E-state index contributed by atoms with van der Waals surface area (Å²) in [5.41, 5.74) is 2.71. The van der Waals surface area contributed by atoms with Crippen molar-refractivity contribution >= 4 is 39.1 Å². The van der Waals surface area contributed by atoms with E-state index >= 15 is 0 Å². The second-order valence-corrected chi connectivity index (χ2v) is 10.1. The molecule has 0 saturated carbocycles. The van der Waals surface area contributed by atoms with Crippen LogP contribution in [0.2, 0.25) is 0 Å². The Labute approximate surface area is 200 Å². The number of fused-ring (bicyclic) bond motifs is 1. The van der Waals surface area contributed by atoms with Gasteiger partial charge in [0.2, 0.25) is 5.91 Å². The summed E-state index contributed by atoms with van der Waals surface area (Å²) in [4.78, 5) is 42.9. The number of carboxylic acids is 1. The molecule has 0 atom stereocenters. The number of carbonyl (C=O) groups excluding carboxylic acids is 1. The fourth-order valence-corrected chi connectivity index (χ4v) is 4.63. The molecule has 2 heterocycles. The van der Waals surface area contributed by atoms with E-state index < -0.39 is 17.4 Å². The Morgan fingerprint density at radius 3 is 2.44 bits per heavy atom. The Balaban J connectivity index is 1.75. The number of rotatable bonds is 5. The average Bonchev–Trinajstić information content (AvgIpc) is 3.20. The van der Waals surface area contributed by atoms with Crippen molar-refractivity contribution in [2.45, 2.75) is 39.7 Å². The molecule has 174 valence electrons. The largest absolute Gasteiger partial charge is 0.478 e. The van der Waals surface area contributed by atoms with E-state index in [0.717, 1.165) is 22.5 Å². The molecular formula is C26H25N3O4S. The van der Waals surface area contributed by atoms with E-state index in [0.29, 0.717) is 21.9 Å². The first-order chi connectivity index (χ1) is 16.0. The number of hydrogen-bond donors (Lipinski definition) is 2. The molecule has 0 aliphatic heterocycles. The van der Waals surface area contributed by atoms with E-state index in [9.17, 15) is 19.5 Å². The van der Waals surface area contributed by atoms with Crippen LogP contribution in [0.3, 0.4) is 0 Å². The Morgan fingerprint density at radius 2 is 1.82 bits per heavy atom. The van der Waals surface area contributed by atoms with E-state index in [2.05, 4.69) is 31.1 Å². The summed E-state index contributed by atoms with van der Waals surface area (Å²) in [6, 6.07) is 15.0. The van der Waals surface area contributed by atoms with Gasteiger partial charge in [0.25, 0.3) is 5.56 Å². The highest BCUT2D eigenvalue weighted by Gasteiger charge is 2.22. The molecule has 2 aromatic heterocycles. The fourth-order valence-electron chi connectivity index (χ4n) is 3.73. The number of benzene rings is 2. The maximum absolute atomic E-state index is 13.4. The molecule has 2 N–H and O–H groups in total. The fraction of sp³-hybridized carbons (Fsp3) is 0.231. The quantitative estimate of drug-likeness (QED) is 0.420. The summed E-state index contributed by atoms with van der Waals surface area (Å²) in [7, 11) is 0. The summed E-state index contributed by atoms with van der Waals surface area (Å²) in [5, 5.41) is 13.8. The number of carboxylic acid groups (broad SMARTS) is 1. The lowest BCUT2D eigenvalue weighted by Crippen LogP contribution is -2.30. The van der Waals surface area contributed by atoms with Crippen molar-refractivity contribution in [1.82, 2.24) is 9.55 Å². The van der Waals surface area contributed by atoms with Crippen LogP contribution in [0.1, 0.15) is 42.3 Å². The molecule has 0 fully saturated rings. The van der Waals surface area contributed by atoms with Crippen LogP contribution in [0.15, 0.2) is 58.7 Å². The van der Waals surface area contributed by atoms with Gasteiger partial charge >= 0.3 is 5.97 Å². The van der Waals surface area contributed by atoms with Crippen molar-refractivity contribution in [3.63, 3.8) is 0 Å². The third kappa shape index (κ3) is 4.63. The van der Waals surface area contributed by atoms with Gasteiger partial charge in [-0.2, -0.15) is 0 Å².